The molecule has 1 N–H and O–H groups in total. The van der Waals surface area contributed by atoms with E-state index in [0.29, 0.717) is 19.1 Å². The Bertz CT molecular complexity index is 925. The van der Waals surface area contributed by atoms with E-state index in [1.54, 1.807) is 6.07 Å². The van der Waals surface area contributed by atoms with E-state index in [1.807, 2.05) is 55.2 Å². The second kappa shape index (κ2) is 10.8. The van der Waals surface area contributed by atoms with Crippen LogP contribution in [0.5, 0.6) is 5.75 Å². The Balaban J connectivity index is 2.10. The fourth-order valence-corrected chi connectivity index (χ4v) is 4.86. The Kier molecular flexibility index (Phi) is 8.10. The summed E-state index contributed by atoms with van der Waals surface area (Å²) < 4.78 is 0. The number of carbonyl (C=O) groups excluding carboxylic acids is 1. The number of benzene rings is 2. The predicted octanol–water partition coefficient (Wildman–Crippen LogP) is 4.54. The van der Waals surface area contributed by atoms with Gasteiger partial charge in [0.15, 0.2) is 0 Å². The van der Waals surface area contributed by atoms with E-state index in [1.165, 1.54) is 0 Å². The molecule has 1 heterocycles. The van der Waals surface area contributed by atoms with Crippen LogP contribution in [0.4, 0.5) is 0 Å². The lowest BCUT2D eigenvalue weighted by Crippen LogP contribution is -2.57. The number of nitrogens with zero attached hydrogens (tertiary/aromatic N) is 3. The Morgan fingerprint density at radius 3 is 2.50 bits per heavy atom. The van der Waals surface area contributed by atoms with Gasteiger partial charge in [-0.3, -0.25) is 14.6 Å². The van der Waals surface area contributed by atoms with E-state index in [4.69, 9.17) is 0 Å². The zero-order chi connectivity index (χ0) is 23.3. The Morgan fingerprint density at radius 2 is 1.84 bits per heavy atom. The van der Waals surface area contributed by atoms with Gasteiger partial charge in [-0.1, -0.05) is 36.4 Å². The number of phenolic OH excluding ortho intramolecular Hbond substituents is 1. The standard InChI is InChI=1S/C27H37N3O2/c1-6-16-29-18-21(5)30(19-20(29)4)26(22-12-11-13-23(31)17-22)24-14-9-10-15-25(24)27(32)28(7-2)8-3/h6,9-15,17,20-21,26,31H,1,7-8,16,18-19H2,2-5H3/t20?,21-,26-/m1/s1. The lowest BCUT2D eigenvalue weighted by atomic mass is 9.90. The monoisotopic (exact) mass is 435 g/mol. The summed E-state index contributed by atoms with van der Waals surface area (Å²) in [4.78, 5) is 20.2. The molecule has 0 aliphatic carbocycles. The Hall–Kier alpha value is -2.63. The quantitative estimate of drug-likeness (QED) is 0.618. The van der Waals surface area contributed by atoms with Crippen LogP contribution in [0.1, 0.15) is 55.2 Å². The van der Waals surface area contributed by atoms with Crippen molar-refractivity contribution in [2.24, 2.45) is 0 Å². The lowest BCUT2D eigenvalue weighted by molar-refractivity contribution is 0.0302. The van der Waals surface area contributed by atoms with Crippen LogP contribution in [0.25, 0.3) is 0 Å². The highest BCUT2D eigenvalue weighted by Crippen LogP contribution is 2.36. The van der Waals surface area contributed by atoms with Crippen LogP contribution in [-0.4, -0.2) is 70.5 Å². The van der Waals surface area contributed by atoms with Crippen molar-refractivity contribution in [2.45, 2.75) is 45.8 Å². The first-order valence-corrected chi connectivity index (χ1v) is 11.7. The molecule has 3 atom stereocenters. The molecule has 1 fully saturated rings. The molecule has 0 aromatic heterocycles. The molecule has 1 unspecified atom stereocenters. The van der Waals surface area contributed by atoms with Crippen LogP contribution in [0.3, 0.4) is 0 Å². The normalized spacial score (nSPS) is 20.6. The van der Waals surface area contributed by atoms with Gasteiger partial charge in [0.05, 0.1) is 6.04 Å². The van der Waals surface area contributed by atoms with Crippen molar-refractivity contribution in [1.82, 2.24) is 14.7 Å². The molecule has 0 radical (unpaired) electrons. The van der Waals surface area contributed by atoms with Gasteiger partial charge in [0, 0.05) is 50.4 Å². The highest BCUT2D eigenvalue weighted by Gasteiger charge is 2.36. The van der Waals surface area contributed by atoms with Crippen molar-refractivity contribution in [2.75, 3.05) is 32.7 Å². The summed E-state index contributed by atoms with van der Waals surface area (Å²) in [6.45, 7) is 16.4. The molecule has 1 amide bonds. The van der Waals surface area contributed by atoms with Crippen molar-refractivity contribution in [1.29, 1.82) is 0 Å². The number of aromatic hydroxyl groups is 1. The highest BCUT2D eigenvalue weighted by atomic mass is 16.3. The van der Waals surface area contributed by atoms with Gasteiger partial charge in [-0.25, -0.2) is 0 Å². The van der Waals surface area contributed by atoms with Crippen LogP contribution in [-0.2, 0) is 0 Å². The zero-order valence-electron chi connectivity index (χ0n) is 19.9. The number of piperazine rings is 1. The van der Waals surface area contributed by atoms with Crippen LogP contribution in [0.2, 0.25) is 0 Å². The minimum absolute atomic E-state index is 0.0572. The summed E-state index contributed by atoms with van der Waals surface area (Å²) >= 11 is 0. The molecule has 32 heavy (non-hydrogen) atoms. The van der Waals surface area contributed by atoms with Crippen molar-refractivity contribution in [3.63, 3.8) is 0 Å². The maximum Gasteiger partial charge on any atom is 0.254 e. The van der Waals surface area contributed by atoms with Crippen LogP contribution in [0.15, 0.2) is 61.2 Å². The second-order valence-electron chi connectivity index (χ2n) is 8.70. The average Bonchev–Trinajstić information content (AvgIpc) is 2.78. The van der Waals surface area contributed by atoms with Gasteiger partial charge >= 0.3 is 0 Å². The van der Waals surface area contributed by atoms with Crippen molar-refractivity contribution in [3.05, 3.63) is 77.9 Å². The lowest BCUT2D eigenvalue weighted by Gasteiger charge is -2.47. The van der Waals surface area contributed by atoms with E-state index < -0.39 is 0 Å². The molecule has 2 aromatic carbocycles. The highest BCUT2D eigenvalue weighted by molar-refractivity contribution is 5.96. The molecule has 0 spiro atoms. The number of phenols is 1. The first kappa shape index (κ1) is 24.0. The largest absolute Gasteiger partial charge is 0.508 e. The first-order chi connectivity index (χ1) is 15.4. The van der Waals surface area contributed by atoms with Gasteiger partial charge in [-0.15, -0.1) is 6.58 Å². The van der Waals surface area contributed by atoms with Crippen molar-refractivity contribution in [3.8, 4) is 5.75 Å². The molecular formula is C27H37N3O2. The van der Waals surface area contributed by atoms with Gasteiger partial charge in [0.2, 0.25) is 0 Å². The van der Waals surface area contributed by atoms with E-state index in [2.05, 4.69) is 42.4 Å². The van der Waals surface area contributed by atoms with Crippen molar-refractivity contribution >= 4 is 5.91 Å². The van der Waals surface area contributed by atoms with Crippen LogP contribution >= 0.6 is 0 Å². The fourth-order valence-electron chi connectivity index (χ4n) is 4.86. The fraction of sp³-hybridized carbons (Fsp3) is 0.444. The number of hydrogen-bond acceptors (Lipinski definition) is 4. The van der Waals surface area contributed by atoms with E-state index in [9.17, 15) is 9.90 Å². The van der Waals surface area contributed by atoms with Crippen LogP contribution in [0, 0.1) is 0 Å². The van der Waals surface area contributed by atoms with E-state index in [0.717, 1.165) is 36.3 Å². The molecule has 1 aliphatic heterocycles. The molecule has 172 valence electrons. The summed E-state index contributed by atoms with van der Waals surface area (Å²) in [6, 6.07) is 15.9. The molecule has 0 saturated carbocycles. The third-order valence-corrected chi connectivity index (χ3v) is 6.58. The zero-order valence-corrected chi connectivity index (χ0v) is 19.9. The maximum atomic E-state index is 13.4. The molecule has 1 saturated heterocycles. The summed E-state index contributed by atoms with van der Waals surface area (Å²) in [5.74, 6) is 0.299. The molecule has 3 rings (SSSR count). The van der Waals surface area contributed by atoms with Gasteiger partial charge in [-0.05, 0) is 57.0 Å². The van der Waals surface area contributed by atoms with Crippen LogP contribution < -0.4 is 0 Å². The third kappa shape index (κ3) is 5.05. The van der Waals surface area contributed by atoms with Gasteiger partial charge in [0.1, 0.15) is 5.75 Å². The van der Waals surface area contributed by atoms with E-state index >= 15 is 0 Å². The minimum Gasteiger partial charge on any atom is -0.508 e. The van der Waals surface area contributed by atoms with Crippen molar-refractivity contribution < 1.29 is 9.90 Å². The topological polar surface area (TPSA) is 47.0 Å². The SMILES string of the molecule is C=CCN1C[C@@H](C)N([C@H](c2cccc(O)c2)c2ccccc2C(=O)N(CC)CC)CC1C. The summed E-state index contributed by atoms with van der Waals surface area (Å²) in [7, 11) is 0. The number of rotatable bonds is 8. The van der Waals surface area contributed by atoms with Gasteiger partial charge in [-0.2, -0.15) is 0 Å². The number of hydrogen-bond donors (Lipinski definition) is 1. The average molecular weight is 436 g/mol. The molecule has 2 aromatic rings. The summed E-state index contributed by atoms with van der Waals surface area (Å²) in [5, 5.41) is 10.3. The van der Waals surface area contributed by atoms with E-state index in [-0.39, 0.29) is 23.7 Å². The predicted molar refractivity (Wildman–Crippen MR) is 131 cm³/mol. The molecule has 0 bridgehead atoms. The summed E-state index contributed by atoms with van der Waals surface area (Å²) in [6.07, 6.45) is 1.96. The number of carbonyl (C=O) groups is 1. The molecule has 5 heteroatoms. The molecule has 5 nitrogen and oxygen atoms in total. The van der Waals surface area contributed by atoms with Gasteiger partial charge < -0.3 is 10.0 Å². The first-order valence-electron chi connectivity index (χ1n) is 11.7. The minimum atomic E-state index is -0.124. The Labute approximate surface area is 193 Å². The Morgan fingerprint density at radius 1 is 1.12 bits per heavy atom. The molecular weight excluding hydrogens is 398 g/mol. The van der Waals surface area contributed by atoms with Gasteiger partial charge in [0.25, 0.3) is 5.91 Å². The number of amides is 1. The molecule has 1 aliphatic rings. The summed E-state index contributed by atoms with van der Waals surface area (Å²) in [5.41, 5.74) is 2.73. The smallest absolute Gasteiger partial charge is 0.254 e. The maximum absolute atomic E-state index is 13.4. The third-order valence-electron chi connectivity index (χ3n) is 6.58. The second-order valence-corrected chi connectivity index (χ2v) is 8.70.